The number of carbonyl (C=O) groups excluding carboxylic acids is 3. The first-order valence-electron chi connectivity index (χ1n) is 13.9. The number of methoxy groups -OCH3 is 1. The van der Waals surface area contributed by atoms with Crippen molar-refractivity contribution < 1.29 is 37.4 Å². The number of ether oxygens (including phenoxy) is 1. The summed E-state index contributed by atoms with van der Waals surface area (Å²) in [7, 11) is 0.969. The Hall–Kier alpha value is -5.24. The predicted octanol–water partition coefficient (Wildman–Crippen LogP) is 7.03. The number of esters is 1. The maximum absolute atomic E-state index is 14.0. The maximum Gasteiger partial charge on any atom is 0.432 e. The second-order valence-corrected chi connectivity index (χ2v) is 11.6. The first kappa shape index (κ1) is 29.5. The van der Waals surface area contributed by atoms with E-state index in [0.717, 1.165) is 18.0 Å². The van der Waals surface area contributed by atoms with Crippen LogP contribution in [-0.2, 0) is 10.9 Å². The number of anilines is 2. The smallest absolute Gasteiger partial charge is 0.432 e. The minimum absolute atomic E-state index is 0.0618. The zero-order valence-electron chi connectivity index (χ0n) is 23.8. The lowest BCUT2D eigenvalue weighted by molar-refractivity contribution is -0.141. The van der Waals surface area contributed by atoms with E-state index in [-0.39, 0.29) is 40.1 Å². The molecule has 0 radical (unpaired) electrons. The topological polar surface area (TPSA) is 143 Å². The molecule has 2 amide bonds. The number of H-pyrrole nitrogens is 3. The molecule has 4 heterocycles. The van der Waals surface area contributed by atoms with Crippen LogP contribution in [0.5, 0.6) is 5.75 Å². The van der Waals surface area contributed by atoms with Gasteiger partial charge in [0.05, 0.1) is 23.9 Å². The van der Waals surface area contributed by atoms with Crippen LogP contribution in [0.25, 0.3) is 32.7 Å². The van der Waals surface area contributed by atoms with Gasteiger partial charge in [0, 0.05) is 56.7 Å². The van der Waals surface area contributed by atoms with Gasteiger partial charge in [-0.3, -0.25) is 9.59 Å². The number of fused-ring (bicyclic) bond motifs is 5. The maximum atomic E-state index is 14.0. The number of para-hydroxylation sites is 1. The SMILES string of the molecule is COC(=O)c1c(C(F)(F)F)[nH]c2c(O)cc3c(c12)C(CBr)CN3C(=O)c1cc2cc(NC(=O)c3cc4ccccc4[nH]3)ccc2[nH]1. The monoisotopic (exact) mass is 693 g/mol. The molecule has 0 saturated carbocycles. The van der Waals surface area contributed by atoms with Gasteiger partial charge in [-0.05, 0) is 42.0 Å². The Morgan fingerprint density at radius 3 is 2.43 bits per heavy atom. The normalized spacial score (nSPS) is 14.7. The molecule has 14 heteroatoms. The Morgan fingerprint density at radius 1 is 1.00 bits per heavy atom. The molecule has 6 aromatic rings. The van der Waals surface area contributed by atoms with Crippen molar-refractivity contribution in [2.75, 3.05) is 29.2 Å². The molecule has 3 aromatic heterocycles. The van der Waals surface area contributed by atoms with Crippen LogP contribution >= 0.6 is 15.9 Å². The Morgan fingerprint density at radius 2 is 1.72 bits per heavy atom. The fourth-order valence-corrected chi connectivity index (χ4v) is 6.65. The molecule has 234 valence electrons. The van der Waals surface area contributed by atoms with Crippen molar-refractivity contribution in [3.63, 3.8) is 0 Å². The molecule has 0 fully saturated rings. The van der Waals surface area contributed by atoms with Crippen molar-refractivity contribution >= 4 is 77.8 Å². The molecule has 3 aromatic carbocycles. The quantitative estimate of drug-likeness (QED) is 0.0973. The van der Waals surface area contributed by atoms with E-state index in [1.54, 1.807) is 30.3 Å². The average Bonchev–Trinajstić information content (AvgIpc) is 3.81. The number of aromatic hydroxyl groups is 1. The minimum Gasteiger partial charge on any atom is -0.506 e. The zero-order valence-corrected chi connectivity index (χ0v) is 25.4. The van der Waals surface area contributed by atoms with Crippen molar-refractivity contribution in [3.05, 3.63) is 88.9 Å². The van der Waals surface area contributed by atoms with Gasteiger partial charge < -0.3 is 35.0 Å². The summed E-state index contributed by atoms with van der Waals surface area (Å²) in [5, 5.41) is 15.3. The lowest BCUT2D eigenvalue weighted by Crippen LogP contribution is -2.30. The molecule has 1 aliphatic rings. The van der Waals surface area contributed by atoms with Gasteiger partial charge in [-0.25, -0.2) is 4.79 Å². The Balaban J connectivity index is 1.24. The molecule has 1 unspecified atom stereocenters. The van der Waals surface area contributed by atoms with Crippen LogP contribution in [-0.4, -0.2) is 56.8 Å². The van der Waals surface area contributed by atoms with E-state index in [9.17, 15) is 32.7 Å². The van der Waals surface area contributed by atoms with Gasteiger partial charge in [0.1, 0.15) is 22.8 Å². The van der Waals surface area contributed by atoms with Gasteiger partial charge in [-0.1, -0.05) is 34.1 Å². The summed E-state index contributed by atoms with van der Waals surface area (Å²) in [6, 6.07) is 17.2. The minimum atomic E-state index is -4.95. The number of benzene rings is 3. The summed E-state index contributed by atoms with van der Waals surface area (Å²) < 4.78 is 46.6. The Kier molecular flexibility index (Phi) is 6.85. The molecule has 10 nitrogen and oxygen atoms in total. The molecule has 1 aliphatic heterocycles. The molecule has 5 N–H and O–H groups in total. The van der Waals surface area contributed by atoms with Crippen LogP contribution in [0.2, 0.25) is 0 Å². The summed E-state index contributed by atoms with van der Waals surface area (Å²) in [6.07, 6.45) is -4.95. The summed E-state index contributed by atoms with van der Waals surface area (Å²) >= 11 is 3.40. The number of halogens is 4. The van der Waals surface area contributed by atoms with E-state index in [4.69, 9.17) is 4.74 Å². The van der Waals surface area contributed by atoms with Crippen LogP contribution in [0.3, 0.4) is 0 Å². The van der Waals surface area contributed by atoms with E-state index < -0.39 is 41.0 Å². The van der Waals surface area contributed by atoms with Crippen LogP contribution in [0.15, 0.2) is 60.7 Å². The third-order valence-corrected chi connectivity index (χ3v) is 8.95. The number of hydrogen-bond acceptors (Lipinski definition) is 5. The number of alkyl halides is 4. The van der Waals surface area contributed by atoms with Crippen LogP contribution in [0.1, 0.15) is 48.5 Å². The van der Waals surface area contributed by atoms with E-state index in [1.807, 2.05) is 24.3 Å². The summed E-state index contributed by atoms with van der Waals surface area (Å²) in [5.74, 6) is -3.15. The van der Waals surface area contributed by atoms with Gasteiger partial charge in [0.2, 0.25) is 0 Å². The van der Waals surface area contributed by atoms with Crippen molar-refractivity contribution in [1.82, 2.24) is 15.0 Å². The second kappa shape index (κ2) is 10.7. The number of aromatic nitrogens is 3. The summed E-state index contributed by atoms with van der Waals surface area (Å²) in [5.41, 5.74) is 0.571. The Bertz CT molecular complexity index is 2200. The first-order chi connectivity index (χ1) is 22.0. The number of aromatic amines is 3. The van der Waals surface area contributed by atoms with Crippen LogP contribution in [0.4, 0.5) is 24.5 Å². The third-order valence-electron chi connectivity index (χ3n) is 8.16. The summed E-state index contributed by atoms with van der Waals surface area (Å²) in [6.45, 7) is 0.0618. The second-order valence-electron chi connectivity index (χ2n) is 10.9. The molecule has 0 bridgehead atoms. The van der Waals surface area contributed by atoms with E-state index >= 15 is 0 Å². The molecular weight excluding hydrogens is 671 g/mol. The van der Waals surface area contributed by atoms with E-state index in [2.05, 4.69) is 36.2 Å². The van der Waals surface area contributed by atoms with Gasteiger partial charge in [0.25, 0.3) is 11.8 Å². The number of phenols is 1. The lowest BCUT2D eigenvalue weighted by atomic mass is 9.95. The molecular formula is C32H23BrF3N5O5. The molecule has 0 aliphatic carbocycles. The fraction of sp³-hybridized carbons (Fsp3) is 0.156. The highest BCUT2D eigenvalue weighted by molar-refractivity contribution is 9.09. The van der Waals surface area contributed by atoms with Gasteiger partial charge in [0.15, 0.2) is 0 Å². The van der Waals surface area contributed by atoms with E-state index in [1.165, 1.54) is 11.0 Å². The highest BCUT2D eigenvalue weighted by Crippen LogP contribution is 2.49. The zero-order chi connectivity index (χ0) is 32.5. The highest BCUT2D eigenvalue weighted by Gasteiger charge is 2.43. The van der Waals surface area contributed by atoms with Crippen molar-refractivity contribution in [2.45, 2.75) is 12.1 Å². The number of nitrogens with zero attached hydrogens (tertiary/aromatic N) is 1. The van der Waals surface area contributed by atoms with Crippen molar-refractivity contribution in [1.29, 1.82) is 0 Å². The molecule has 0 spiro atoms. The fourth-order valence-electron chi connectivity index (χ4n) is 6.12. The molecule has 46 heavy (non-hydrogen) atoms. The van der Waals surface area contributed by atoms with E-state index in [0.29, 0.717) is 27.8 Å². The van der Waals surface area contributed by atoms with Crippen molar-refractivity contribution in [3.8, 4) is 5.75 Å². The predicted molar refractivity (Wildman–Crippen MR) is 169 cm³/mol. The first-order valence-corrected chi connectivity index (χ1v) is 15.1. The number of carbonyl (C=O) groups is 3. The van der Waals surface area contributed by atoms with Gasteiger partial charge in [-0.15, -0.1) is 0 Å². The molecule has 0 saturated heterocycles. The number of amides is 2. The number of rotatable bonds is 5. The van der Waals surface area contributed by atoms with Gasteiger partial charge in [-0.2, -0.15) is 13.2 Å². The summed E-state index contributed by atoms with van der Waals surface area (Å²) in [4.78, 5) is 49.1. The van der Waals surface area contributed by atoms with Crippen LogP contribution in [0, 0.1) is 0 Å². The number of nitrogens with one attached hydrogen (secondary N) is 4. The highest BCUT2D eigenvalue weighted by atomic mass is 79.9. The standard InChI is InChI=1S/C32H23BrF3N5O5/c1-46-31(45)26-25-24-16(12-33)13-41(22(24)11-23(42)27(25)40-28(26)32(34,35)36)30(44)21-10-15-8-17(6-7-19(15)39-21)37-29(43)20-9-14-4-2-3-5-18(14)38-20/h2-11,16,38-40,42H,12-13H2,1H3,(H,37,43). The largest absolute Gasteiger partial charge is 0.506 e. The average molecular weight is 694 g/mol. The van der Waals surface area contributed by atoms with Gasteiger partial charge >= 0.3 is 12.1 Å². The van der Waals surface area contributed by atoms with Crippen molar-refractivity contribution in [2.24, 2.45) is 0 Å². The number of hydrogen-bond donors (Lipinski definition) is 5. The van der Waals surface area contributed by atoms with Crippen LogP contribution < -0.4 is 10.2 Å². The number of phenolic OH excluding ortho intramolecular Hbond substituents is 1. The molecule has 7 rings (SSSR count). The Labute approximate surface area is 265 Å². The third kappa shape index (κ3) is 4.67. The lowest BCUT2D eigenvalue weighted by Gasteiger charge is -2.17. The molecule has 1 atom stereocenters.